The Morgan fingerprint density at radius 1 is 1.04 bits per heavy atom. The predicted octanol–water partition coefficient (Wildman–Crippen LogP) is 3.51. The van der Waals surface area contributed by atoms with E-state index in [9.17, 15) is 10.2 Å². The second-order valence-electron chi connectivity index (χ2n) is 7.36. The summed E-state index contributed by atoms with van der Waals surface area (Å²) in [6.07, 6.45) is 11.4. The molecular formula is C20H38O5S. The Kier molecular flexibility index (Phi) is 13.5. The molecule has 0 spiro atoms. The maximum Gasteiger partial charge on any atom is 0.160 e. The molecule has 26 heavy (non-hydrogen) atoms. The first-order chi connectivity index (χ1) is 12.6. The van der Waals surface area contributed by atoms with E-state index in [4.69, 9.17) is 26.8 Å². The fourth-order valence-electron chi connectivity index (χ4n) is 3.34. The van der Waals surface area contributed by atoms with Crippen molar-refractivity contribution < 1.29 is 24.8 Å². The molecule has 0 amide bonds. The van der Waals surface area contributed by atoms with Crippen LogP contribution in [0.1, 0.15) is 84.0 Å². The first kappa shape index (κ1) is 23.8. The Hall–Kier alpha value is -0.270. The van der Waals surface area contributed by atoms with E-state index in [1.807, 2.05) is 0 Å². The van der Waals surface area contributed by atoms with Crippen molar-refractivity contribution in [2.75, 3.05) is 13.2 Å². The fourth-order valence-corrected chi connectivity index (χ4v) is 3.60. The number of aliphatic hydroxyl groups excluding tert-OH is 3. The van der Waals surface area contributed by atoms with E-state index >= 15 is 0 Å². The van der Waals surface area contributed by atoms with Crippen LogP contribution in [0.5, 0.6) is 0 Å². The Balaban J connectivity index is 2.03. The molecule has 0 aromatic heterocycles. The van der Waals surface area contributed by atoms with Crippen molar-refractivity contribution in [3.63, 3.8) is 0 Å². The van der Waals surface area contributed by atoms with E-state index in [1.54, 1.807) is 0 Å². The van der Waals surface area contributed by atoms with Gasteiger partial charge in [-0.05, 0) is 18.6 Å². The van der Waals surface area contributed by atoms with Crippen LogP contribution in [0.2, 0.25) is 0 Å². The summed E-state index contributed by atoms with van der Waals surface area (Å²) >= 11 is 5.26. The van der Waals surface area contributed by atoms with Crippen LogP contribution in [-0.2, 0) is 9.47 Å². The molecule has 4 atom stereocenters. The third-order valence-electron chi connectivity index (χ3n) is 4.98. The zero-order valence-corrected chi connectivity index (χ0v) is 17.1. The van der Waals surface area contributed by atoms with E-state index in [0.29, 0.717) is 11.5 Å². The Bertz CT molecular complexity index is 366. The fraction of sp³-hybridized carbons (Fsp3) is 0.950. The van der Waals surface area contributed by atoms with Gasteiger partial charge < -0.3 is 24.8 Å². The van der Waals surface area contributed by atoms with Gasteiger partial charge in [-0.25, -0.2) is 0 Å². The number of rotatable bonds is 15. The molecule has 1 fully saturated rings. The van der Waals surface area contributed by atoms with Crippen molar-refractivity contribution in [3.8, 4) is 0 Å². The van der Waals surface area contributed by atoms with Gasteiger partial charge in [0, 0.05) is 6.42 Å². The molecule has 0 aromatic carbocycles. The van der Waals surface area contributed by atoms with Crippen LogP contribution in [0.15, 0.2) is 0 Å². The average Bonchev–Trinajstić information content (AvgIpc) is 2.99. The summed E-state index contributed by atoms with van der Waals surface area (Å²) in [6, 6.07) is 0. The van der Waals surface area contributed by atoms with Crippen LogP contribution < -0.4 is 0 Å². The SMILES string of the molecule is CCCCCCCCCCCCCC(=S)O[C@@H]1[C@H]([C@@H](O)CO)OC[C@H]1O. The maximum atomic E-state index is 9.91. The summed E-state index contributed by atoms with van der Waals surface area (Å²) in [5, 5.41) is 29.1. The molecule has 0 radical (unpaired) electrons. The summed E-state index contributed by atoms with van der Waals surface area (Å²) in [6.45, 7) is 1.91. The van der Waals surface area contributed by atoms with Gasteiger partial charge in [0.15, 0.2) is 11.2 Å². The summed E-state index contributed by atoms with van der Waals surface area (Å²) in [7, 11) is 0. The molecule has 154 valence electrons. The quantitative estimate of drug-likeness (QED) is 0.293. The number of thiocarbonyl (C=S) groups is 1. The molecule has 0 aromatic rings. The Labute approximate surface area is 164 Å². The second-order valence-corrected chi connectivity index (χ2v) is 7.81. The first-order valence-electron chi connectivity index (χ1n) is 10.4. The molecule has 0 saturated carbocycles. The van der Waals surface area contributed by atoms with Gasteiger partial charge in [0.05, 0.1) is 13.2 Å². The molecule has 3 N–H and O–H groups in total. The van der Waals surface area contributed by atoms with Crippen LogP contribution in [0, 0.1) is 0 Å². The van der Waals surface area contributed by atoms with Gasteiger partial charge in [0.25, 0.3) is 0 Å². The number of ether oxygens (including phenoxy) is 2. The molecule has 0 unspecified atom stereocenters. The standard InChI is InChI=1S/C20H38O5S/c1-2-3-4-5-6-7-8-9-10-11-12-13-18(26)25-20-17(23)15-24-19(20)16(22)14-21/h16-17,19-23H,2-15H2,1H3/t16-,17+,19-,20-/m0/s1. The van der Waals surface area contributed by atoms with Crippen LogP contribution in [0.4, 0.5) is 0 Å². The van der Waals surface area contributed by atoms with Gasteiger partial charge in [-0.2, -0.15) is 0 Å². The average molecular weight is 391 g/mol. The lowest BCUT2D eigenvalue weighted by molar-refractivity contribution is -0.0642. The minimum absolute atomic E-state index is 0.0907. The van der Waals surface area contributed by atoms with E-state index < -0.39 is 31.0 Å². The molecule has 1 rings (SSSR count). The number of hydrogen-bond acceptors (Lipinski definition) is 6. The van der Waals surface area contributed by atoms with Crippen LogP contribution >= 0.6 is 12.2 Å². The number of unbranched alkanes of at least 4 members (excludes halogenated alkanes) is 10. The summed E-state index contributed by atoms with van der Waals surface area (Å²) in [5.41, 5.74) is 0. The minimum Gasteiger partial charge on any atom is -0.478 e. The molecule has 0 aliphatic carbocycles. The van der Waals surface area contributed by atoms with Gasteiger partial charge in [0.1, 0.15) is 18.3 Å². The highest BCUT2D eigenvalue weighted by molar-refractivity contribution is 7.80. The highest BCUT2D eigenvalue weighted by Gasteiger charge is 2.42. The highest BCUT2D eigenvalue weighted by atomic mass is 32.1. The first-order valence-corrected chi connectivity index (χ1v) is 10.8. The summed E-state index contributed by atoms with van der Waals surface area (Å²) in [5.74, 6) is 0. The van der Waals surface area contributed by atoms with Gasteiger partial charge in [-0.15, -0.1) is 0 Å². The van der Waals surface area contributed by atoms with Crippen molar-refractivity contribution in [2.24, 2.45) is 0 Å². The molecule has 1 heterocycles. The molecule has 6 heteroatoms. The lowest BCUT2D eigenvalue weighted by Gasteiger charge is -2.24. The Morgan fingerprint density at radius 3 is 2.12 bits per heavy atom. The highest BCUT2D eigenvalue weighted by Crippen LogP contribution is 2.22. The van der Waals surface area contributed by atoms with E-state index in [-0.39, 0.29) is 6.61 Å². The molecule has 5 nitrogen and oxygen atoms in total. The normalized spacial score (nSPS) is 23.9. The third-order valence-corrected chi connectivity index (χ3v) is 5.28. The monoisotopic (exact) mass is 390 g/mol. The van der Waals surface area contributed by atoms with Crippen molar-refractivity contribution in [3.05, 3.63) is 0 Å². The number of aliphatic hydroxyl groups is 3. The molecule has 1 aliphatic heterocycles. The minimum atomic E-state index is -1.07. The topological polar surface area (TPSA) is 79.2 Å². The summed E-state index contributed by atoms with van der Waals surface area (Å²) in [4.78, 5) is 0. The second kappa shape index (κ2) is 14.7. The largest absolute Gasteiger partial charge is 0.478 e. The molecule has 1 aliphatic rings. The maximum absolute atomic E-state index is 9.91. The van der Waals surface area contributed by atoms with Crippen molar-refractivity contribution in [1.29, 1.82) is 0 Å². The van der Waals surface area contributed by atoms with Gasteiger partial charge >= 0.3 is 0 Å². The summed E-state index contributed by atoms with van der Waals surface area (Å²) < 4.78 is 10.9. The molecule has 0 bridgehead atoms. The van der Waals surface area contributed by atoms with E-state index in [1.165, 1.54) is 57.8 Å². The zero-order chi connectivity index (χ0) is 19.2. The smallest absolute Gasteiger partial charge is 0.160 e. The van der Waals surface area contributed by atoms with E-state index in [2.05, 4.69) is 6.92 Å². The molecular weight excluding hydrogens is 352 g/mol. The van der Waals surface area contributed by atoms with Crippen molar-refractivity contribution in [1.82, 2.24) is 0 Å². The van der Waals surface area contributed by atoms with E-state index in [0.717, 1.165) is 12.8 Å². The van der Waals surface area contributed by atoms with Crippen LogP contribution in [-0.4, -0.2) is 58.0 Å². The predicted molar refractivity (Wildman–Crippen MR) is 107 cm³/mol. The van der Waals surface area contributed by atoms with Crippen molar-refractivity contribution in [2.45, 2.75) is 108 Å². The van der Waals surface area contributed by atoms with Gasteiger partial charge in [-0.3, -0.25) is 0 Å². The zero-order valence-electron chi connectivity index (χ0n) is 16.3. The van der Waals surface area contributed by atoms with Gasteiger partial charge in [-0.1, -0.05) is 71.1 Å². The molecule has 1 saturated heterocycles. The third kappa shape index (κ3) is 9.60. The van der Waals surface area contributed by atoms with Crippen LogP contribution in [0.25, 0.3) is 0 Å². The van der Waals surface area contributed by atoms with Gasteiger partial charge in [0.2, 0.25) is 0 Å². The van der Waals surface area contributed by atoms with Crippen LogP contribution in [0.3, 0.4) is 0 Å². The van der Waals surface area contributed by atoms with Crippen molar-refractivity contribution >= 4 is 17.3 Å². The Morgan fingerprint density at radius 2 is 1.58 bits per heavy atom. The lowest BCUT2D eigenvalue weighted by Crippen LogP contribution is -2.43. The number of hydrogen-bond donors (Lipinski definition) is 3. The lowest BCUT2D eigenvalue weighted by atomic mass is 10.1.